The van der Waals surface area contributed by atoms with Crippen molar-refractivity contribution < 1.29 is 9.32 Å². The van der Waals surface area contributed by atoms with Crippen LogP contribution in [0.1, 0.15) is 55.5 Å². The molecule has 0 aliphatic carbocycles. The molecule has 1 atom stereocenters. The molecule has 1 unspecified atom stereocenters. The van der Waals surface area contributed by atoms with Gasteiger partial charge >= 0.3 is 6.03 Å². The van der Waals surface area contributed by atoms with E-state index in [9.17, 15) is 4.79 Å². The molecule has 4 rings (SSSR count). The number of likely N-dealkylation sites (tertiary alicyclic amines) is 1. The van der Waals surface area contributed by atoms with Gasteiger partial charge in [0.2, 0.25) is 11.7 Å². The SMILES string of the molecule is Cc1cccc(-c2noc(C3CCCN(C(=O)Nc4ccc(C(C)C)cc4)C3)n2)c1. The fraction of sp³-hybridized carbons (Fsp3) is 0.375. The molecule has 30 heavy (non-hydrogen) atoms. The maximum Gasteiger partial charge on any atom is 0.321 e. The Morgan fingerprint density at radius 2 is 2.00 bits per heavy atom. The van der Waals surface area contributed by atoms with Crippen LogP contribution in [0, 0.1) is 6.92 Å². The van der Waals surface area contributed by atoms with Gasteiger partial charge in [0, 0.05) is 24.3 Å². The van der Waals surface area contributed by atoms with E-state index in [1.54, 1.807) is 0 Å². The number of anilines is 1. The van der Waals surface area contributed by atoms with Crippen molar-refractivity contribution in [1.29, 1.82) is 0 Å². The topological polar surface area (TPSA) is 71.3 Å². The average molecular weight is 405 g/mol. The highest BCUT2D eigenvalue weighted by Crippen LogP contribution is 2.28. The largest absolute Gasteiger partial charge is 0.339 e. The van der Waals surface area contributed by atoms with E-state index in [1.165, 1.54) is 5.56 Å². The summed E-state index contributed by atoms with van der Waals surface area (Å²) in [5.74, 6) is 1.72. The van der Waals surface area contributed by atoms with Crippen LogP contribution in [-0.4, -0.2) is 34.2 Å². The normalized spacial score (nSPS) is 16.7. The molecule has 1 aliphatic rings. The zero-order valence-electron chi connectivity index (χ0n) is 17.8. The highest BCUT2D eigenvalue weighted by molar-refractivity contribution is 5.89. The highest BCUT2D eigenvalue weighted by Gasteiger charge is 2.28. The molecule has 1 aliphatic heterocycles. The van der Waals surface area contributed by atoms with Crippen LogP contribution in [0.5, 0.6) is 0 Å². The molecule has 1 aromatic heterocycles. The summed E-state index contributed by atoms with van der Waals surface area (Å²) >= 11 is 0. The summed E-state index contributed by atoms with van der Waals surface area (Å²) < 4.78 is 5.56. The Balaban J connectivity index is 1.41. The number of nitrogens with one attached hydrogen (secondary N) is 1. The molecule has 6 heteroatoms. The molecule has 0 bridgehead atoms. The Kier molecular flexibility index (Phi) is 5.84. The smallest absolute Gasteiger partial charge is 0.321 e. The van der Waals surface area contributed by atoms with Crippen LogP contribution in [-0.2, 0) is 0 Å². The maximum absolute atomic E-state index is 12.8. The summed E-state index contributed by atoms with van der Waals surface area (Å²) in [6, 6.07) is 16.0. The first-order valence-corrected chi connectivity index (χ1v) is 10.6. The second-order valence-corrected chi connectivity index (χ2v) is 8.32. The number of rotatable bonds is 4. The number of urea groups is 1. The number of hydrogen-bond acceptors (Lipinski definition) is 4. The molecule has 1 fully saturated rings. The predicted molar refractivity (Wildman–Crippen MR) is 118 cm³/mol. The van der Waals surface area contributed by atoms with Crippen LogP contribution in [0.25, 0.3) is 11.4 Å². The Hall–Kier alpha value is -3.15. The number of nitrogens with zero attached hydrogens (tertiary/aromatic N) is 3. The van der Waals surface area contributed by atoms with Gasteiger partial charge in [-0.15, -0.1) is 0 Å². The molecule has 6 nitrogen and oxygen atoms in total. The number of aromatic nitrogens is 2. The minimum absolute atomic E-state index is 0.0545. The van der Waals surface area contributed by atoms with Gasteiger partial charge in [-0.25, -0.2) is 4.79 Å². The zero-order chi connectivity index (χ0) is 21.1. The zero-order valence-corrected chi connectivity index (χ0v) is 17.8. The lowest BCUT2D eigenvalue weighted by Gasteiger charge is -2.31. The number of carbonyl (C=O) groups is 1. The van der Waals surface area contributed by atoms with E-state index in [-0.39, 0.29) is 11.9 Å². The summed E-state index contributed by atoms with van der Waals surface area (Å²) in [5, 5.41) is 7.17. The predicted octanol–water partition coefficient (Wildman–Crippen LogP) is 5.58. The monoisotopic (exact) mass is 404 g/mol. The maximum atomic E-state index is 12.8. The average Bonchev–Trinajstić information content (AvgIpc) is 3.25. The number of piperidine rings is 1. The van der Waals surface area contributed by atoms with Crippen molar-refractivity contribution in [3.8, 4) is 11.4 Å². The summed E-state index contributed by atoms with van der Waals surface area (Å²) in [6.45, 7) is 7.65. The molecule has 1 N–H and O–H groups in total. The fourth-order valence-corrected chi connectivity index (χ4v) is 3.82. The molecule has 0 saturated carbocycles. The van der Waals surface area contributed by atoms with Gasteiger partial charge < -0.3 is 14.7 Å². The quantitative estimate of drug-likeness (QED) is 0.616. The van der Waals surface area contributed by atoms with E-state index in [0.29, 0.717) is 24.2 Å². The van der Waals surface area contributed by atoms with Crippen molar-refractivity contribution in [3.63, 3.8) is 0 Å². The lowest BCUT2D eigenvalue weighted by molar-refractivity contribution is 0.184. The number of hydrogen-bond donors (Lipinski definition) is 1. The van der Waals surface area contributed by atoms with E-state index >= 15 is 0 Å². The van der Waals surface area contributed by atoms with Crippen LogP contribution in [0.4, 0.5) is 10.5 Å². The summed E-state index contributed by atoms with van der Waals surface area (Å²) in [6.07, 6.45) is 1.84. The molecule has 2 aromatic carbocycles. The second-order valence-electron chi connectivity index (χ2n) is 8.32. The second kappa shape index (κ2) is 8.69. The third kappa shape index (κ3) is 4.53. The Morgan fingerprint density at radius 1 is 1.20 bits per heavy atom. The third-order valence-corrected chi connectivity index (χ3v) is 5.60. The minimum atomic E-state index is -0.0876. The van der Waals surface area contributed by atoms with E-state index in [0.717, 1.165) is 36.2 Å². The van der Waals surface area contributed by atoms with Crippen molar-refractivity contribution >= 4 is 11.7 Å². The number of aryl methyl sites for hydroxylation is 1. The van der Waals surface area contributed by atoms with Gasteiger partial charge in [-0.2, -0.15) is 4.98 Å². The molecule has 0 spiro atoms. The lowest BCUT2D eigenvalue weighted by Crippen LogP contribution is -2.41. The van der Waals surface area contributed by atoms with Crippen LogP contribution in [0.3, 0.4) is 0 Å². The van der Waals surface area contributed by atoms with Gasteiger partial charge in [0.1, 0.15) is 0 Å². The van der Waals surface area contributed by atoms with Crippen LogP contribution < -0.4 is 5.32 Å². The Labute approximate surface area is 177 Å². The first kappa shape index (κ1) is 20.1. The lowest BCUT2D eigenvalue weighted by atomic mass is 9.98. The van der Waals surface area contributed by atoms with Gasteiger partial charge in [-0.05, 0) is 49.4 Å². The van der Waals surface area contributed by atoms with Crippen molar-refractivity contribution in [2.24, 2.45) is 0 Å². The first-order valence-electron chi connectivity index (χ1n) is 10.6. The van der Waals surface area contributed by atoms with E-state index in [4.69, 9.17) is 4.52 Å². The molecule has 2 amide bonds. The van der Waals surface area contributed by atoms with Crippen molar-refractivity contribution in [3.05, 3.63) is 65.5 Å². The van der Waals surface area contributed by atoms with Crippen LogP contribution in [0.2, 0.25) is 0 Å². The molecule has 2 heterocycles. The Bertz CT molecular complexity index is 1010. The molecular weight excluding hydrogens is 376 g/mol. The number of amides is 2. The standard InChI is InChI=1S/C24H28N4O2/c1-16(2)18-9-11-21(12-10-18)25-24(29)28-13-5-8-20(15-28)23-26-22(27-30-23)19-7-4-6-17(3)14-19/h4,6-7,9-12,14,16,20H,5,8,13,15H2,1-3H3,(H,25,29). The molecular formula is C24H28N4O2. The van der Waals surface area contributed by atoms with Gasteiger partial charge in [0.05, 0.1) is 5.92 Å². The van der Waals surface area contributed by atoms with Crippen LogP contribution in [0.15, 0.2) is 53.1 Å². The first-order chi connectivity index (χ1) is 14.5. The number of benzene rings is 2. The molecule has 156 valence electrons. The van der Waals surface area contributed by atoms with Gasteiger partial charge in [0.15, 0.2) is 0 Å². The Morgan fingerprint density at radius 3 is 2.73 bits per heavy atom. The minimum Gasteiger partial charge on any atom is -0.339 e. The molecule has 1 saturated heterocycles. The number of carbonyl (C=O) groups excluding carboxylic acids is 1. The van der Waals surface area contributed by atoms with Gasteiger partial charge in [-0.1, -0.05) is 54.9 Å². The fourth-order valence-electron chi connectivity index (χ4n) is 3.82. The third-order valence-electron chi connectivity index (χ3n) is 5.60. The van der Waals surface area contributed by atoms with Crippen LogP contribution >= 0.6 is 0 Å². The van der Waals surface area contributed by atoms with E-state index in [2.05, 4.69) is 41.4 Å². The van der Waals surface area contributed by atoms with Gasteiger partial charge in [0.25, 0.3) is 0 Å². The summed E-state index contributed by atoms with van der Waals surface area (Å²) in [5.41, 5.74) is 4.17. The summed E-state index contributed by atoms with van der Waals surface area (Å²) in [4.78, 5) is 19.2. The molecule has 3 aromatic rings. The van der Waals surface area contributed by atoms with E-state index < -0.39 is 0 Å². The summed E-state index contributed by atoms with van der Waals surface area (Å²) in [7, 11) is 0. The molecule has 0 radical (unpaired) electrons. The van der Waals surface area contributed by atoms with Gasteiger partial charge in [-0.3, -0.25) is 0 Å². The van der Waals surface area contributed by atoms with Crippen molar-refractivity contribution in [1.82, 2.24) is 15.0 Å². The highest BCUT2D eigenvalue weighted by atomic mass is 16.5. The van der Waals surface area contributed by atoms with Crippen molar-refractivity contribution in [2.45, 2.75) is 45.4 Å². The van der Waals surface area contributed by atoms with E-state index in [1.807, 2.05) is 48.2 Å². The van der Waals surface area contributed by atoms with Crippen molar-refractivity contribution in [2.75, 3.05) is 18.4 Å².